The molecule has 128 heavy (non-hydrogen) atoms. The van der Waals surface area contributed by atoms with E-state index >= 15 is 0 Å². The molecule has 0 bridgehead atoms. The van der Waals surface area contributed by atoms with Crippen LogP contribution in [0.25, 0.3) is 134 Å². The Morgan fingerprint density at radius 2 is 0.305 bits per heavy atom. The predicted octanol–water partition coefficient (Wildman–Crippen LogP) is 26.5. The Morgan fingerprint density at radius 1 is 0.164 bits per heavy atom. The number of methoxy groups -OCH3 is 2. The van der Waals surface area contributed by atoms with E-state index in [-0.39, 0.29) is 0 Å². The molecule has 0 aliphatic heterocycles. The second kappa shape index (κ2) is 38.7. The zero-order valence-corrected chi connectivity index (χ0v) is 71.9. The summed E-state index contributed by atoms with van der Waals surface area (Å²) in [5, 5.41) is 0. The average molecular weight is 1650 g/mol. The zero-order valence-electron chi connectivity index (χ0n) is 71.9. The minimum atomic E-state index is 0.550. The molecule has 0 fully saturated rings. The normalized spacial score (nSPS) is 10.4. The molecule has 0 radical (unpaired) electrons. The lowest BCUT2D eigenvalue weighted by atomic mass is 9.89. The van der Waals surface area contributed by atoms with E-state index in [9.17, 15) is 0 Å². The SMILES string of the molecule is CC#Cc1ccc(-c2c(N)cc(-c3cc(-c4cc(N)c(-c5ccc(C#CC)cc5)c(N)c4)cc(-c4cc(N)c(-c5ccc(C#CC)cc5)c(N)c4)c3)cc2N)cc1.COc1ccc(C#Cc2ccc(-c3ccc(-c4cc(-c5ccc(-c6ccc(C#Cc7ccc(C)cc7)cc6)cc5)cc(-c5ccc(-c6ccc(C#Cc7ccc(OC)cc7)cc6)cc5)c4)cc3)cc2)cc1. The topological polar surface area (TPSA) is 175 Å². The van der Waals surface area contributed by atoms with E-state index in [4.69, 9.17) is 43.9 Å². The molecule has 0 saturated carbocycles. The predicted molar refractivity (Wildman–Crippen MR) is 537 cm³/mol. The molecule has 0 atom stereocenters. The molecular formula is C120H90N6O2. The summed E-state index contributed by atoms with van der Waals surface area (Å²) in [4.78, 5) is 0. The first-order chi connectivity index (χ1) is 62.5. The smallest absolute Gasteiger partial charge is 0.118 e. The lowest BCUT2D eigenvalue weighted by molar-refractivity contribution is 0.414. The summed E-state index contributed by atoms with van der Waals surface area (Å²) in [7, 11) is 3.34. The van der Waals surface area contributed by atoms with Gasteiger partial charge in [-0.25, -0.2) is 0 Å². The van der Waals surface area contributed by atoms with Gasteiger partial charge in [0.1, 0.15) is 11.5 Å². The van der Waals surface area contributed by atoms with Crippen LogP contribution in [-0.2, 0) is 0 Å². The maximum atomic E-state index is 6.77. The van der Waals surface area contributed by atoms with Gasteiger partial charge in [0, 0.05) is 101 Å². The third kappa shape index (κ3) is 20.0. The number of nitrogen functional groups attached to an aromatic ring is 6. The van der Waals surface area contributed by atoms with E-state index < -0.39 is 0 Å². The van der Waals surface area contributed by atoms with Crippen molar-refractivity contribution in [2.45, 2.75) is 27.7 Å². The van der Waals surface area contributed by atoms with Crippen LogP contribution in [-0.4, -0.2) is 14.2 Å². The van der Waals surface area contributed by atoms with Crippen LogP contribution in [0, 0.1) is 78.0 Å². The van der Waals surface area contributed by atoms with Crippen molar-refractivity contribution in [2.75, 3.05) is 48.6 Å². The van der Waals surface area contributed by atoms with Crippen LogP contribution in [0.2, 0.25) is 0 Å². The summed E-state index contributed by atoms with van der Waals surface area (Å²) < 4.78 is 10.6. The monoisotopic (exact) mass is 1650 g/mol. The fraction of sp³-hybridized carbons (Fsp3) is 0.0500. The minimum absolute atomic E-state index is 0.550. The van der Waals surface area contributed by atoms with E-state index in [0.717, 1.165) is 195 Å². The Hall–Kier alpha value is -17.5. The minimum Gasteiger partial charge on any atom is -0.497 e. The van der Waals surface area contributed by atoms with Crippen molar-refractivity contribution in [3.8, 4) is 216 Å². The van der Waals surface area contributed by atoms with E-state index in [1.54, 1.807) is 14.2 Å². The molecule has 17 aromatic carbocycles. The van der Waals surface area contributed by atoms with Gasteiger partial charge < -0.3 is 43.9 Å². The lowest BCUT2D eigenvalue weighted by Crippen LogP contribution is -2.00. The Bertz CT molecular complexity index is 6830. The number of aryl methyl sites for hydroxylation is 1. The molecule has 0 amide bonds. The van der Waals surface area contributed by atoms with Crippen LogP contribution in [0.15, 0.2) is 364 Å². The molecule has 0 unspecified atom stereocenters. The summed E-state index contributed by atoms with van der Waals surface area (Å²) in [6.45, 7) is 7.53. The van der Waals surface area contributed by atoms with Crippen molar-refractivity contribution in [1.29, 1.82) is 0 Å². The van der Waals surface area contributed by atoms with E-state index in [0.29, 0.717) is 34.1 Å². The molecule has 612 valence electrons. The van der Waals surface area contributed by atoms with Crippen molar-refractivity contribution in [3.63, 3.8) is 0 Å². The number of ether oxygens (including phenoxy) is 2. The standard InChI is InChI=1S/C69H48O2.C51H42N6/c1-49-4-6-50(7-5-49)8-9-51-14-24-56(25-15-51)59-30-36-62(37-31-59)65-46-66(63-38-32-60(33-39-63)57-26-16-52(17-27-57)10-12-54-20-42-68(70-2)43-21-54)48-67(47-65)64-40-34-61(35-41-64)58-28-18-53(19-29-58)11-13-55-22-44-69(71-3)45-23-55;1-4-7-31-10-16-34(17-11-31)49-43(52)25-40(26-44(49)53)37-22-38(41-27-45(54)50(46(55)28-41)35-18-12-32(8-5-2)13-19-35)24-39(23-37)42-29-47(56)51(48(57)30-42)36-20-14-33(9-6-3)15-21-36/h4-7,14-48H,1-3H3;10-30H,52-57H2,1-3H3. The van der Waals surface area contributed by atoms with Crippen molar-refractivity contribution >= 4 is 34.1 Å². The van der Waals surface area contributed by atoms with Gasteiger partial charge in [-0.3, -0.25) is 0 Å². The third-order valence-corrected chi connectivity index (χ3v) is 22.4. The highest BCUT2D eigenvalue weighted by molar-refractivity contribution is 5.97. The number of hydrogen-bond acceptors (Lipinski definition) is 8. The summed E-state index contributed by atoms with van der Waals surface area (Å²) in [6.07, 6.45) is 0. The van der Waals surface area contributed by atoms with Crippen LogP contribution in [0.3, 0.4) is 0 Å². The highest BCUT2D eigenvalue weighted by atomic mass is 16.5. The first kappa shape index (κ1) is 84.1. The summed E-state index contributed by atoms with van der Waals surface area (Å²) in [5.74, 6) is 39.4. The van der Waals surface area contributed by atoms with Crippen molar-refractivity contribution in [3.05, 3.63) is 420 Å². The number of benzene rings is 17. The molecule has 0 heterocycles. The molecule has 17 rings (SSSR count). The van der Waals surface area contributed by atoms with Crippen molar-refractivity contribution in [2.24, 2.45) is 0 Å². The Morgan fingerprint density at radius 3 is 0.492 bits per heavy atom. The first-order valence-corrected chi connectivity index (χ1v) is 42.0. The fourth-order valence-corrected chi connectivity index (χ4v) is 15.6. The molecule has 8 nitrogen and oxygen atoms in total. The Labute approximate surface area is 750 Å². The van der Waals surface area contributed by atoms with Gasteiger partial charge in [-0.1, -0.05) is 217 Å². The molecule has 12 N–H and O–H groups in total. The van der Waals surface area contributed by atoms with Gasteiger partial charge in [-0.2, -0.15) is 0 Å². The molecule has 8 heteroatoms. The zero-order chi connectivity index (χ0) is 88.6. The number of hydrogen-bond donors (Lipinski definition) is 6. The molecule has 17 aromatic rings. The lowest BCUT2D eigenvalue weighted by Gasteiger charge is -2.18. The summed E-state index contributed by atoms with van der Waals surface area (Å²) in [6, 6.07) is 124. The summed E-state index contributed by atoms with van der Waals surface area (Å²) >= 11 is 0. The molecule has 0 aromatic heterocycles. The van der Waals surface area contributed by atoms with E-state index in [1.807, 2.05) is 178 Å². The van der Waals surface area contributed by atoms with Crippen LogP contribution in [0.1, 0.15) is 76.4 Å². The number of nitrogens with two attached hydrogens (primary N) is 6. The quantitative estimate of drug-likeness (QED) is 0.0461. The van der Waals surface area contributed by atoms with Gasteiger partial charge >= 0.3 is 0 Å². The maximum Gasteiger partial charge on any atom is 0.118 e. The first-order valence-electron chi connectivity index (χ1n) is 42.0. The van der Waals surface area contributed by atoms with Crippen LogP contribution < -0.4 is 43.9 Å². The maximum absolute atomic E-state index is 6.77. The average Bonchev–Trinajstić information content (AvgIpc) is 0.764. The van der Waals surface area contributed by atoms with Crippen LogP contribution >= 0.6 is 0 Å². The van der Waals surface area contributed by atoms with E-state index in [1.165, 1.54) is 5.56 Å². The van der Waals surface area contributed by atoms with Gasteiger partial charge in [0.2, 0.25) is 0 Å². The largest absolute Gasteiger partial charge is 0.497 e. The second-order valence-electron chi connectivity index (χ2n) is 31.1. The fourth-order valence-electron chi connectivity index (χ4n) is 15.6. The van der Waals surface area contributed by atoms with Gasteiger partial charge in [0.25, 0.3) is 0 Å². The molecule has 0 spiro atoms. The van der Waals surface area contributed by atoms with Crippen molar-refractivity contribution < 1.29 is 9.47 Å². The molecular weight excluding hydrogens is 1560 g/mol. The molecule has 0 saturated heterocycles. The van der Waals surface area contributed by atoms with Gasteiger partial charge in [-0.05, 0) is 351 Å². The number of anilines is 6. The van der Waals surface area contributed by atoms with Crippen molar-refractivity contribution in [1.82, 2.24) is 0 Å². The number of rotatable bonds is 14. The van der Waals surface area contributed by atoms with Gasteiger partial charge in [0.05, 0.1) is 14.2 Å². The third-order valence-electron chi connectivity index (χ3n) is 22.4. The van der Waals surface area contributed by atoms with Gasteiger partial charge in [0.15, 0.2) is 0 Å². The van der Waals surface area contributed by atoms with Gasteiger partial charge in [-0.15, -0.1) is 17.8 Å². The Balaban J connectivity index is 0.000000193. The highest BCUT2D eigenvalue weighted by Gasteiger charge is 2.19. The van der Waals surface area contributed by atoms with Crippen LogP contribution in [0.4, 0.5) is 34.1 Å². The Kier molecular flexibility index (Phi) is 25.4. The van der Waals surface area contributed by atoms with Crippen LogP contribution in [0.5, 0.6) is 11.5 Å². The second-order valence-corrected chi connectivity index (χ2v) is 31.1. The molecule has 0 aliphatic carbocycles. The molecule has 0 aliphatic rings. The van der Waals surface area contributed by atoms with E-state index in [2.05, 4.69) is 284 Å². The highest BCUT2D eigenvalue weighted by Crippen LogP contribution is 2.45. The summed E-state index contributed by atoms with van der Waals surface area (Å²) in [5.41, 5.74) is 77.7.